The summed E-state index contributed by atoms with van der Waals surface area (Å²) in [5.41, 5.74) is 10.3. The van der Waals surface area contributed by atoms with Crippen molar-refractivity contribution in [2.24, 2.45) is 0 Å². The Morgan fingerprint density at radius 2 is 1.50 bits per heavy atom. The Morgan fingerprint density at radius 3 is 2.19 bits per heavy atom. The summed E-state index contributed by atoms with van der Waals surface area (Å²) in [7, 11) is 0. The number of hydrogen-bond acceptors (Lipinski definition) is 3. The molecule has 0 aliphatic carbocycles. The maximum Gasteiger partial charge on any atom is 0.128 e. The number of fused-ring (bicyclic) bond motifs is 3. The van der Waals surface area contributed by atoms with Gasteiger partial charge in [0.15, 0.2) is 0 Å². The summed E-state index contributed by atoms with van der Waals surface area (Å²) < 4.78 is 6.35. The third-order valence-corrected chi connectivity index (χ3v) is 7.16. The molecule has 209 valence electrons. The van der Waals surface area contributed by atoms with Gasteiger partial charge in [0.2, 0.25) is 0 Å². The Bertz CT molecular complexity index is 1800. The van der Waals surface area contributed by atoms with Crippen LogP contribution in [0.3, 0.4) is 0 Å². The van der Waals surface area contributed by atoms with Gasteiger partial charge in [-0.3, -0.25) is 0 Å². The molecule has 7 rings (SSSR count). The van der Waals surface area contributed by atoms with Crippen molar-refractivity contribution in [1.29, 1.82) is 0 Å². The van der Waals surface area contributed by atoms with Crippen LogP contribution in [0.1, 0.15) is 30.9 Å². The molecule has 4 aromatic carbocycles. The molecule has 0 atom stereocenters. The molecular formula is C38H30IrN2O-2. The number of para-hydroxylation sites is 1. The van der Waals surface area contributed by atoms with Crippen LogP contribution in [-0.2, 0) is 20.1 Å². The molecule has 0 bridgehead atoms. The first kappa shape index (κ1) is 29.1. The van der Waals surface area contributed by atoms with Gasteiger partial charge in [0.25, 0.3) is 0 Å². The van der Waals surface area contributed by atoms with Crippen molar-refractivity contribution in [2.45, 2.75) is 26.7 Å². The minimum Gasteiger partial charge on any atom is -0.500 e. The second-order valence-electron chi connectivity index (χ2n) is 10.4. The van der Waals surface area contributed by atoms with E-state index in [1.54, 1.807) is 6.20 Å². The van der Waals surface area contributed by atoms with Crippen LogP contribution in [0.5, 0.6) is 0 Å². The van der Waals surface area contributed by atoms with E-state index in [1.807, 2.05) is 61.7 Å². The largest absolute Gasteiger partial charge is 0.500 e. The topological polar surface area (TPSA) is 38.9 Å². The summed E-state index contributed by atoms with van der Waals surface area (Å²) in [4.78, 5) is 8.85. The molecular weight excluding hydrogens is 693 g/mol. The van der Waals surface area contributed by atoms with Gasteiger partial charge in [-0.2, -0.15) is 0 Å². The Morgan fingerprint density at radius 1 is 0.690 bits per heavy atom. The molecule has 7 aromatic rings. The van der Waals surface area contributed by atoms with E-state index in [4.69, 9.17) is 4.42 Å². The number of rotatable bonds is 4. The molecule has 0 fully saturated rings. The fraction of sp³-hybridized carbons (Fsp3) is 0.105. The van der Waals surface area contributed by atoms with Gasteiger partial charge in [0.05, 0.1) is 5.58 Å². The first-order valence-corrected chi connectivity index (χ1v) is 13.9. The fourth-order valence-electron chi connectivity index (χ4n) is 4.89. The van der Waals surface area contributed by atoms with Crippen LogP contribution in [0, 0.1) is 19.1 Å². The van der Waals surface area contributed by atoms with Crippen molar-refractivity contribution < 1.29 is 24.5 Å². The molecule has 3 heterocycles. The first-order chi connectivity index (χ1) is 20.1. The van der Waals surface area contributed by atoms with Crippen molar-refractivity contribution >= 4 is 21.9 Å². The first-order valence-electron chi connectivity index (χ1n) is 13.9. The third-order valence-electron chi connectivity index (χ3n) is 7.16. The number of nitrogens with zero attached hydrogens (tertiary/aromatic N) is 2. The van der Waals surface area contributed by atoms with E-state index in [0.717, 1.165) is 55.6 Å². The van der Waals surface area contributed by atoms with Gasteiger partial charge in [0, 0.05) is 43.4 Å². The Balaban J connectivity index is 0.000000181. The number of benzene rings is 4. The van der Waals surface area contributed by atoms with Crippen molar-refractivity contribution in [3.05, 3.63) is 145 Å². The normalized spacial score (nSPS) is 10.8. The van der Waals surface area contributed by atoms with E-state index in [0.29, 0.717) is 5.92 Å². The summed E-state index contributed by atoms with van der Waals surface area (Å²) >= 11 is 0. The summed E-state index contributed by atoms with van der Waals surface area (Å²) in [5.74, 6) is 0.552. The average Bonchev–Trinajstić information content (AvgIpc) is 3.42. The maximum atomic E-state index is 6.35. The molecule has 0 amide bonds. The number of hydrogen-bond donors (Lipinski definition) is 0. The van der Waals surface area contributed by atoms with Gasteiger partial charge in [-0.15, -0.1) is 53.6 Å². The minimum atomic E-state index is 0. The molecule has 0 N–H and O–H groups in total. The summed E-state index contributed by atoms with van der Waals surface area (Å²) in [5, 5.41) is 2.20. The van der Waals surface area contributed by atoms with Gasteiger partial charge >= 0.3 is 0 Å². The zero-order valence-corrected chi connectivity index (χ0v) is 26.2. The minimum absolute atomic E-state index is 0. The summed E-state index contributed by atoms with van der Waals surface area (Å²) in [6.45, 7) is 6.42. The quantitative estimate of drug-likeness (QED) is 0.170. The molecule has 0 aliphatic rings. The van der Waals surface area contributed by atoms with E-state index in [2.05, 4.69) is 96.6 Å². The predicted octanol–water partition coefficient (Wildman–Crippen LogP) is 10.1. The number of aromatic nitrogens is 2. The van der Waals surface area contributed by atoms with E-state index >= 15 is 0 Å². The molecule has 0 saturated carbocycles. The van der Waals surface area contributed by atoms with E-state index in [-0.39, 0.29) is 20.1 Å². The van der Waals surface area contributed by atoms with E-state index in [9.17, 15) is 0 Å². The Labute approximate surface area is 260 Å². The SMILES string of the molecule is Cc1ccc(-c2[c-]cc(C(C)C)cc2)nc1.[Ir].[c-]1ccc2c(oc3c(-c4ccccc4)cccc32)c1-c1ccccn1. The smallest absolute Gasteiger partial charge is 0.128 e. The van der Waals surface area contributed by atoms with E-state index < -0.39 is 0 Å². The zero-order valence-electron chi connectivity index (χ0n) is 23.8. The van der Waals surface area contributed by atoms with Crippen LogP contribution in [-0.4, -0.2) is 9.97 Å². The second kappa shape index (κ2) is 13.1. The fourth-order valence-corrected chi connectivity index (χ4v) is 4.89. The number of furan rings is 1. The van der Waals surface area contributed by atoms with Gasteiger partial charge in [0.1, 0.15) is 5.58 Å². The molecule has 4 heteroatoms. The van der Waals surface area contributed by atoms with Crippen molar-refractivity contribution in [1.82, 2.24) is 9.97 Å². The molecule has 0 unspecified atom stereocenters. The molecule has 42 heavy (non-hydrogen) atoms. The van der Waals surface area contributed by atoms with Crippen molar-refractivity contribution in [3.8, 4) is 33.6 Å². The zero-order chi connectivity index (χ0) is 28.2. The van der Waals surface area contributed by atoms with Crippen LogP contribution in [0.15, 0.2) is 126 Å². The molecule has 0 spiro atoms. The van der Waals surface area contributed by atoms with Crippen LogP contribution in [0.4, 0.5) is 0 Å². The summed E-state index contributed by atoms with van der Waals surface area (Å²) in [6.07, 6.45) is 3.68. The van der Waals surface area contributed by atoms with Crippen LogP contribution in [0.25, 0.3) is 55.6 Å². The predicted molar refractivity (Wildman–Crippen MR) is 169 cm³/mol. The van der Waals surface area contributed by atoms with Gasteiger partial charge < -0.3 is 14.4 Å². The number of pyridine rings is 2. The average molecular weight is 723 g/mol. The van der Waals surface area contributed by atoms with Gasteiger partial charge in [-0.05, 0) is 35.5 Å². The van der Waals surface area contributed by atoms with Gasteiger partial charge in [-0.1, -0.05) is 104 Å². The van der Waals surface area contributed by atoms with Crippen molar-refractivity contribution in [3.63, 3.8) is 0 Å². The van der Waals surface area contributed by atoms with Crippen LogP contribution >= 0.6 is 0 Å². The van der Waals surface area contributed by atoms with Crippen molar-refractivity contribution in [2.75, 3.05) is 0 Å². The molecule has 3 nitrogen and oxygen atoms in total. The third kappa shape index (κ3) is 6.11. The Hall–Kier alpha value is -4.37. The van der Waals surface area contributed by atoms with Crippen LogP contribution in [0.2, 0.25) is 0 Å². The molecule has 0 saturated heterocycles. The Kier molecular flexibility index (Phi) is 9.07. The van der Waals surface area contributed by atoms with Crippen LogP contribution < -0.4 is 0 Å². The monoisotopic (exact) mass is 723 g/mol. The maximum absolute atomic E-state index is 6.35. The second-order valence-corrected chi connectivity index (χ2v) is 10.4. The molecule has 3 aromatic heterocycles. The standard InChI is InChI=1S/C23H14NO.C15H16N.Ir/c1-2-8-16(9-3-1)17-10-6-11-18-19-12-7-13-20(23(19)25-22(17)18)21-14-4-5-15-24-21;1-11(2)13-5-7-14(8-6-13)15-9-4-12(3)10-16-15;/h1-12,14-15H;4-7,9-11H,1-3H3;/q2*-1;. The van der Waals surface area contributed by atoms with E-state index in [1.165, 1.54) is 11.1 Å². The molecule has 0 aliphatic heterocycles. The van der Waals surface area contributed by atoms with Gasteiger partial charge in [-0.25, -0.2) is 0 Å². The summed E-state index contributed by atoms with van der Waals surface area (Å²) in [6, 6.07) is 43.5. The molecule has 1 radical (unpaired) electrons. The number of aryl methyl sites for hydroxylation is 1.